The summed E-state index contributed by atoms with van der Waals surface area (Å²) in [4.78, 5) is 16.1. The highest BCUT2D eigenvalue weighted by Gasteiger charge is 2.22. The van der Waals surface area contributed by atoms with Crippen LogP contribution in [0.15, 0.2) is 5.38 Å². The average molecular weight is 255 g/mol. The Morgan fingerprint density at radius 3 is 3.24 bits per heavy atom. The Balaban J connectivity index is 1.92. The van der Waals surface area contributed by atoms with Crippen molar-refractivity contribution in [2.24, 2.45) is 5.73 Å². The van der Waals surface area contributed by atoms with Gasteiger partial charge in [-0.2, -0.15) is 0 Å². The number of thiazole rings is 1. The molecule has 1 aliphatic heterocycles. The number of nitrogens with one attached hydrogen (secondary N) is 1. The van der Waals surface area contributed by atoms with Crippen molar-refractivity contribution < 1.29 is 9.53 Å². The van der Waals surface area contributed by atoms with E-state index in [0.717, 1.165) is 17.8 Å². The standard InChI is InChI=1S/C11H17N3O2S/c1-7-4-8(2-3-16-7)13-11(15)9-6-17-10(5-12)14-9/h6-8H,2-5,12H2,1H3,(H,13,15). The second kappa shape index (κ2) is 5.57. The zero-order chi connectivity index (χ0) is 12.3. The van der Waals surface area contributed by atoms with Crippen LogP contribution in [-0.4, -0.2) is 29.6 Å². The van der Waals surface area contributed by atoms with Crippen LogP contribution >= 0.6 is 11.3 Å². The van der Waals surface area contributed by atoms with Crippen LogP contribution in [0, 0.1) is 0 Å². The summed E-state index contributed by atoms with van der Waals surface area (Å²) >= 11 is 1.42. The van der Waals surface area contributed by atoms with E-state index in [0.29, 0.717) is 18.8 Å². The highest BCUT2D eigenvalue weighted by atomic mass is 32.1. The first-order chi connectivity index (χ1) is 8.19. The van der Waals surface area contributed by atoms with Crippen molar-refractivity contribution in [2.75, 3.05) is 6.61 Å². The molecule has 0 spiro atoms. The molecule has 94 valence electrons. The Morgan fingerprint density at radius 1 is 1.76 bits per heavy atom. The molecule has 1 saturated heterocycles. The molecule has 0 aliphatic carbocycles. The summed E-state index contributed by atoms with van der Waals surface area (Å²) in [5.41, 5.74) is 5.93. The number of hydrogen-bond donors (Lipinski definition) is 2. The fraction of sp³-hybridized carbons (Fsp3) is 0.636. The molecule has 17 heavy (non-hydrogen) atoms. The Hall–Kier alpha value is -0.980. The number of hydrogen-bond acceptors (Lipinski definition) is 5. The van der Waals surface area contributed by atoms with Crippen LogP contribution in [0.1, 0.15) is 35.3 Å². The molecule has 1 aromatic rings. The summed E-state index contributed by atoms with van der Waals surface area (Å²) in [5.74, 6) is -0.111. The lowest BCUT2D eigenvalue weighted by Crippen LogP contribution is -2.41. The van der Waals surface area contributed by atoms with E-state index >= 15 is 0 Å². The van der Waals surface area contributed by atoms with Crippen LogP contribution in [0.3, 0.4) is 0 Å². The molecule has 2 unspecified atom stereocenters. The summed E-state index contributed by atoms with van der Waals surface area (Å²) in [5, 5.41) is 5.53. The molecule has 0 aromatic carbocycles. The topological polar surface area (TPSA) is 77.2 Å². The first kappa shape index (κ1) is 12.5. The van der Waals surface area contributed by atoms with Gasteiger partial charge >= 0.3 is 0 Å². The molecule has 5 nitrogen and oxygen atoms in total. The zero-order valence-corrected chi connectivity index (χ0v) is 10.6. The maximum absolute atomic E-state index is 11.9. The fourth-order valence-corrected chi connectivity index (χ4v) is 2.55. The minimum absolute atomic E-state index is 0.111. The van der Waals surface area contributed by atoms with Gasteiger partial charge in [-0.3, -0.25) is 4.79 Å². The Morgan fingerprint density at radius 2 is 2.59 bits per heavy atom. The SMILES string of the molecule is CC1CC(NC(=O)c2csc(CN)n2)CCO1. The van der Waals surface area contributed by atoms with Gasteiger partial charge in [0.2, 0.25) is 0 Å². The molecule has 1 aromatic heterocycles. The van der Waals surface area contributed by atoms with E-state index in [1.165, 1.54) is 11.3 Å². The van der Waals surface area contributed by atoms with Gasteiger partial charge in [0.05, 0.1) is 6.10 Å². The molecule has 1 fully saturated rings. The lowest BCUT2D eigenvalue weighted by atomic mass is 10.0. The molecule has 2 atom stereocenters. The first-order valence-corrected chi connectivity index (χ1v) is 6.64. The van der Waals surface area contributed by atoms with Gasteiger partial charge in [0, 0.05) is 24.6 Å². The third kappa shape index (κ3) is 3.24. The smallest absolute Gasteiger partial charge is 0.270 e. The normalized spacial score (nSPS) is 24.6. The number of aromatic nitrogens is 1. The van der Waals surface area contributed by atoms with Crippen LogP contribution < -0.4 is 11.1 Å². The molecule has 2 rings (SSSR count). The highest BCUT2D eigenvalue weighted by Crippen LogP contribution is 2.14. The zero-order valence-electron chi connectivity index (χ0n) is 9.81. The van der Waals surface area contributed by atoms with E-state index in [9.17, 15) is 4.79 Å². The van der Waals surface area contributed by atoms with Crippen LogP contribution in [0.5, 0.6) is 0 Å². The fourth-order valence-electron chi connectivity index (χ4n) is 1.90. The summed E-state index contributed by atoms with van der Waals surface area (Å²) in [6.45, 7) is 3.11. The van der Waals surface area contributed by atoms with Gasteiger partial charge in [-0.1, -0.05) is 0 Å². The van der Waals surface area contributed by atoms with Crippen molar-refractivity contribution >= 4 is 17.2 Å². The molecular weight excluding hydrogens is 238 g/mol. The number of nitrogens with two attached hydrogens (primary N) is 1. The number of amides is 1. The molecule has 3 N–H and O–H groups in total. The molecule has 0 bridgehead atoms. The van der Waals surface area contributed by atoms with Crippen molar-refractivity contribution in [1.29, 1.82) is 0 Å². The quantitative estimate of drug-likeness (QED) is 0.841. The van der Waals surface area contributed by atoms with Crippen molar-refractivity contribution in [2.45, 2.75) is 38.5 Å². The summed E-state index contributed by atoms with van der Waals surface area (Å²) < 4.78 is 5.44. The van der Waals surface area contributed by atoms with Gasteiger partial charge in [-0.05, 0) is 19.8 Å². The van der Waals surface area contributed by atoms with Gasteiger partial charge in [-0.25, -0.2) is 4.98 Å². The number of rotatable bonds is 3. The van der Waals surface area contributed by atoms with E-state index in [1.54, 1.807) is 5.38 Å². The van der Waals surface area contributed by atoms with Crippen LogP contribution in [0.25, 0.3) is 0 Å². The van der Waals surface area contributed by atoms with Gasteiger partial charge in [0.25, 0.3) is 5.91 Å². The predicted octanol–water partition coefficient (Wildman–Crippen LogP) is 0.899. The number of carbonyl (C=O) groups excluding carboxylic acids is 1. The van der Waals surface area contributed by atoms with Gasteiger partial charge in [0.1, 0.15) is 10.7 Å². The minimum Gasteiger partial charge on any atom is -0.378 e. The van der Waals surface area contributed by atoms with E-state index in [2.05, 4.69) is 10.3 Å². The van der Waals surface area contributed by atoms with Crippen molar-refractivity contribution in [3.63, 3.8) is 0 Å². The van der Waals surface area contributed by atoms with Crippen molar-refractivity contribution in [3.05, 3.63) is 16.1 Å². The molecule has 1 amide bonds. The lowest BCUT2D eigenvalue weighted by Gasteiger charge is -2.27. The van der Waals surface area contributed by atoms with Crippen LogP contribution in [0.2, 0.25) is 0 Å². The second-order valence-electron chi connectivity index (χ2n) is 4.21. The van der Waals surface area contributed by atoms with Gasteiger partial charge < -0.3 is 15.8 Å². The number of nitrogens with zero attached hydrogens (tertiary/aromatic N) is 1. The number of ether oxygens (including phenoxy) is 1. The third-order valence-electron chi connectivity index (χ3n) is 2.78. The van der Waals surface area contributed by atoms with Gasteiger partial charge in [-0.15, -0.1) is 11.3 Å². The maximum Gasteiger partial charge on any atom is 0.270 e. The summed E-state index contributed by atoms with van der Waals surface area (Å²) in [6, 6.07) is 0.189. The summed E-state index contributed by atoms with van der Waals surface area (Å²) in [6.07, 6.45) is 1.94. The highest BCUT2D eigenvalue weighted by molar-refractivity contribution is 7.09. The van der Waals surface area contributed by atoms with E-state index in [4.69, 9.17) is 10.5 Å². The third-order valence-corrected chi connectivity index (χ3v) is 3.65. The molecule has 2 heterocycles. The maximum atomic E-state index is 11.9. The lowest BCUT2D eigenvalue weighted by molar-refractivity contribution is 0.0136. The minimum atomic E-state index is -0.111. The molecular formula is C11H17N3O2S. The molecule has 6 heteroatoms. The second-order valence-corrected chi connectivity index (χ2v) is 5.15. The summed E-state index contributed by atoms with van der Waals surface area (Å²) in [7, 11) is 0. The molecule has 1 aliphatic rings. The predicted molar refractivity (Wildman–Crippen MR) is 65.9 cm³/mol. The first-order valence-electron chi connectivity index (χ1n) is 5.76. The van der Waals surface area contributed by atoms with Crippen LogP contribution in [-0.2, 0) is 11.3 Å². The van der Waals surface area contributed by atoms with Crippen molar-refractivity contribution in [1.82, 2.24) is 10.3 Å². The monoisotopic (exact) mass is 255 g/mol. The van der Waals surface area contributed by atoms with Gasteiger partial charge in [0.15, 0.2) is 0 Å². The van der Waals surface area contributed by atoms with Crippen LogP contribution in [0.4, 0.5) is 0 Å². The molecule has 0 saturated carbocycles. The number of carbonyl (C=O) groups is 1. The Kier molecular flexibility index (Phi) is 4.09. The molecule has 0 radical (unpaired) electrons. The van der Waals surface area contributed by atoms with E-state index in [1.807, 2.05) is 6.92 Å². The largest absolute Gasteiger partial charge is 0.378 e. The van der Waals surface area contributed by atoms with E-state index in [-0.39, 0.29) is 18.1 Å². The Labute approximate surface area is 104 Å². The average Bonchev–Trinajstić information content (AvgIpc) is 2.77. The Bertz CT molecular complexity index is 394. The van der Waals surface area contributed by atoms with E-state index < -0.39 is 0 Å². The van der Waals surface area contributed by atoms with Crippen molar-refractivity contribution in [3.8, 4) is 0 Å².